The van der Waals surface area contributed by atoms with Crippen LogP contribution in [0.3, 0.4) is 0 Å². The van der Waals surface area contributed by atoms with E-state index in [1.54, 1.807) is 11.3 Å². The van der Waals surface area contributed by atoms with Gasteiger partial charge >= 0.3 is 0 Å². The molecule has 0 radical (unpaired) electrons. The van der Waals surface area contributed by atoms with E-state index in [2.05, 4.69) is 52.8 Å². The molecule has 0 bridgehead atoms. The number of hydrogen-bond donors (Lipinski definition) is 0. The third-order valence-electron chi connectivity index (χ3n) is 2.52. The van der Waals surface area contributed by atoms with Crippen molar-refractivity contribution in [1.29, 1.82) is 0 Å². The maximum absolute atomic E-state index is 12.0. The summed E-state index contributed by atoms with van der Waals surface area (Å²) in [6.45, 7) is 0. The van der Waals surface area contributed by atoms with E-state index in [0.717, 1.165) is 20.8 Å². The summed E-state index contributed by atoms with van der Waals surface area (Å²) in [6, 6.07) is 7.88. The Balaban J connectivity index is 2.58. The molecule has 0 unspecified atom stereocenters. The van der Waals surface area contributed by atoms with Crippen molar-refractivity contribution in [3.8, 4) is 10.6 Å². The average molecular weight is 450 g/mol. The topological polar surface area (TPSA) is 30.0 Å². The van der Waals surface area contributed by atoms with E-state index in [1.807, 2.05) is 24.3 Å². The number of fused-ring (bicyclic) bond motifs is 2. The van der Waals surface area contributed by atoms with E-state index < -0.39 is 0 Å². The second kappa shape index (κ2) is 4.67. The van der Waals surface area contributed by atoms with Crippen molar-refractivity contribution in [2.75, 3.05) is 0 Å². The fourth-order valence-corrected chi connectivity index (χ4v) is 4.56. The molecule has 0 N–H and O–H groups in total. The van der Waals surface area contributed by atoms with Crippen LogP contribution in [0.15, 0.2) is 42.5 Å². The predicted molar refractivity (Wildman–Crippen MR) is 85.6 cm³/mol. The van der Waals surface area contributed by atoms with Crippen LogP contribution in [-0.4, -0.2) is 4.98 Å². The monoisotopic (exact) mass is 447 g/mol. The highest BCUT2D eigenvalue weighted by Crippen LogP contribution is 2.41. The van der Waals surface area contributed by atoms with Crippen molar-refractivity contribution in [3.05, 3.63) is 47.9 Å². The van der Waals surface area contributed by atoms with Gasteiger partial charge in [0.15, 0.2) is 0 Å². The molecule has 1 aliphatic carbocycles. The Bertz CT molecular complexity index is 799. The number of nitrogens with zero attached hydrogens (tertiary/aromatic N) is 1. The van der Waals surface area contributed by atoms with Crippen molar-refractivity contribution >= 4 is 69.3 Å². The normalized spacial score (nSPS) is 11.3. The van der Waals surface area contributed by atoms with E-state index >= 15 is 0 Å². The first-order valence-electron chi connectivity index (χ1n) is 4.95. The SMILES string of the molecule is O=c1c(Br)c2sc3ccccc3nc-2c(Br)c1Br. The molecule has 1 heterocycles. The van der Waals surface area contributed by atoms with Gasteiger partial charge in [0.2, 0.25) is 5.43 Å². The summed E-state index contributed by atoms with van der Waals surface area (Å²) >= 11 is 11.6. The van der Waals surface area contributed by atoms with Gasteiger partial charge in [-0.25, -0.2) is 4.98 Å². The highest BCUT2D eigenvalue weighted by molar-refractivity contribution is 9.13. The molecule has 0 aromatic heterocycles. The Morgan fingerprint density at radius 1 is 1.00 bits per heavy atom. The Morgan fingerprint density at radius 3 is 2.50 bits per heavy atom. The summed E-state index contributed by atoms with van der Waals surface area (Å²) in [5.41, 5.74) is 1.65. The fourth-order valence-electron chi connectivity index (χ4n) is 1.67. The molecule has 2 nitrogen and oxygen atoms in total. The molecule has 0 saturated carbocycles. The first-order chi connectivity index (χ1) is 8.59. The summed E-state index contributed by atoms with van der Waals surface area (Å²) in [5.74, 6) is 0. The van der Waals surface area contributed by atoms with Crippen molar-refractivity contribution < 1.29 is 0 Å². The van der Waals surface area contributed by atoms with E-state index in [-0.39, 0.29) is 5.43 Å². The molecule has 90 valence electrons. The van der Waals surface area contributed by atoms with Crippen LogP contribution in [0.25, 0.3) is 20.8 Å². The van der Waals surface area contributed by atoms with E-state index in [9.17, 15) is 4.79 Å². The van der Waals surface area contributed by atoms with Gasteiger partial charge < -0.3 is 0 Å². The number of hydrogen-bond acceptors (Lipinski definition) is 3. The molecule has 0 amide bonds. The molecular formula is C12H4Br3NOS. The van der Waals surface area contributed by atoms with Gasteiger partial charge in [0.25, 0.3) is 0 Å². The summed E-state index contributed by atoms with van der Waals surface area (Å²) in [6.07, 6.45) is 0. The molecule has 2 aliphatic rings. The number of rotatable bonds is 0. The Morgan fingerprint density at radius 2 is 1.72 bits per heavy atom. The maximum atomic E-state index is 12.0. The minimum Gasteiger partial charge on any atom is -0.287 e. The highest BCUT2D eigenvalue weighted by atomic mass is 79.9. The molecule has 1 aromatic rings. The second-order valence-electron chi connectivity index (χ2n) is 3.63. The van der Waals surface area contributed by atoms with Crippen molar-refractivity contribution in [2.45, 2.75) is 0 Å². The van der Waals surface area contributed by atoms with Gasteiger partial charge in [0.1, 0.15) is 0 Å². The lowest BCUT2D eigenvalue weighted by atomic mass is 10.2. The molecule has 3 rings (SSSR count). The first kappa shape index (κ1) is 12.7. The smallest absolute Gasteiger partial charge is 0.209 e. The van der Waals surface area contributed by atoms with E-state index in [4.69, 9.17) is 0 Å². The zero-order valence-electron chi connectivity index (χ0n) is 8.71. The highest BCUT2D eigenvalue weighted by Gasteiger charge is 2.20. The average Bonchev–Trinajstić information content (AvgIpc) is 2.41. The van der Waals surface area contributed by atoms with Gasteiger partial charge in [0.05, 0.1) is 34.2 Å². The van der Waals surface area contributed by atoms with Gasteiger partial charge in [-0.05, 0) is 59.9 Å². The fraction of sp³-hybridized carbons (Fsp3) is 0. The molecule has 1 aliphatic heterocycles. The summed E-state index contributed by atoms with van der Waals surface area (Å²) in [4.78, 5) is 17.5. The Kier molecular flexibility index (Phi) is 3.30. The van der Waals surface area contributed by atoms with Gasteiger partial charge in [-0.3, -0.25) is 4.79 Å². The predicted octanol–water partition coefficient (Wildman–Crippen LogP) is 5.05. The zero-order valence-corrected chi connectivity index (χ0v) is 14.3. The van der Waals surface area contributed by atoms with Crippen LogP contribution in [0.5, 0.6) is 0 Å². The number of aromatic nitrogens is 1. The minimum atomic E-state index is -0.0669. The molecule has 18 heavy (non-hydrogen) atoms. The largest absolute Gasteiger partial charge is 0.287 e. The van der Waals surface area contributed by atoms with Crippen LogP contribution in [0.4, 0.5) is 0 Å². The molecule has 0 atom stereocenters. The molecule has 6 heteroatoms. The lowest BCUT2D eigenvalue weighted by Crippen LogP contribution is -2.07. The third-order valence-corrected chi connectivity index (χ3v) is 6.77. The lowest BCUT2D eigenvalue weighted by molar-refractivity contribution is 1.35. The molecule has 0 spiro atoms. The lowest BCUT2D eigenvalue weighted by Gasteiger charge is -2.10. The van der Waals surface area contributed by atoms with E-state index in [0.29, 0.717) is 13.4 Å². The molecule has 0 fully saturated rings. The zero-order chi connectivity index (χ0) is 12.9. The summed E-state index contributed by atoms with van der Waals surface area (Å²) < 4.78 is 2.81. The number of halogens is 3. The Hall–Kier alpha value is -0.300. The van der Waals surface area contributed by atoms with Crippen LogP contribution in [0, 0.1) is 0 Å². The van der Waals surface area contributed by atoms with Crippen molar-refractivity contribution in [1.82, 2.24) is 4.98 Å². The van der Waals surface area contributed by atoms with Crippen LogP contribution >= 0.6 is 59.1 Å². The minimum absolute atomic E-state index is 0.0669. The molecule has 1 aromatic carbocycles. The van der Waals surface area contributed by atoms with Crippen molar-refractivity contribution in [2.24, 2.45) is 0 Å². The number of benzene rings is 2. The van der Waals surface area contributed by atoms with Gasteiger partial charge in [-0.2, -0.15) is 0 Å². The summed E-state index contributed by atoms with van der Waals surface area (Å²) in [5, 5.41) is 0. The third kappa shape index (κ3) is 1.86. The molecule has 0 saturated heterocycles. The standard InChI is InChI=1S/C12H4Br3NOS/c13-7-8(14)11(17)9(15)12-10(7)16-5-3-1-2-4-6(5)18-12/h1-4H. The van der Waals surface area contributed by atoms with E-state index in [1.165, 1.54) is 0 Å². The number of para-hydroxylation sites is 1. The quantitative estimate of drug-likeness (QED) is 0.355. The molecular weight excluding hydrogens is 446 g/mol. The first-order valence-corrected chi connectivity index (χ1v) is 8.15. The van der Waals surface area contributed by atoms with Crippen LogP contribution in [0.2, 0.25) is 0 Å². The summed E-state index contributed by atoms with van der Waals surface area (Å²) in [7, 11) is 0. The Labute approximate surface area is 132 Å². The van der Waals surface area contributed by atoms with Gasteiger partial charge in [-0.15, -0.1) is 11.3 Å². The maximum Gasteiger partial charge on any atom is 0.209 e. The van der Waals surface area contributed by atoms with Crippen LogP contribution in [-0.2, 0) is 0 Å². The second-order valence-corrected chi connectivity index (χ2v) is 7.06. The van der Waals surface area contributed by atoms with Crippen LogP contribution in [0.1, 0.15) is 0 Å². The van der Waals surface area contributed by atoms with Crippen LogP contribution < -0.4 is 5.43 Å². The van der Waals surface area contributed by atoms with Gasteiger partial charge in [0, 0.05) is 0 Å². The van der Waals surface area contributed by atoms with Crippen molar-refractivity contribution in [3.63, 3.8) is 0 Å². The van der Waals surface area contributed by atoms with Gasteiger partial charge in [-0.1, -0.05) is 12.1 Å².